The van der Waals surface area contributed by atoms with Crippen LogP contribution >= 0.6 is 0 Å². The van der Waals surface area contributed by atoms with Gasteiger partial charge in [-0.05, 0) is 36.8 Å². The van der Waals surface area contributed by atoms with Crippen LogP contribution < -0.4 is 0 Å². The maximum Gasteiger partial charge on any atom is 0.328 e. The molecule has 18 heavy (non-hydrogen) atoms. The van der Waals surface area contributed by atoms with E-state index in [0.29, 0.717) is 11.3 Å². The molecule has 0 saturated heterocycles. The van der Waals surface area contributed by atoms with E-state index < -0.39 is 11.8 Å². The Kier molecular flexibility index (Phi) is 3.23. The maximum atomic E-state index is 13.8. The summed E-state index contributed by atoms with van der Waals surface area (Å²) in [6, 6.07) is 6.24. The molecule has 0 aliphatic rings. The number of hydrogen-bond acceptors (Lipinski definition) is 2. The lowest BCUT2D eigenvalue weighted by Gasteiger charge is -2.04. The summed E-state index contributed by atoms with van der Waals surface area (Å²) in [6.45, 7) is 1.82. The molecule has 1 aromatic carbocycles. The Hall–Kier alpha value is -2.43. The van der Waals surface area contributed by atoms with Crippen LogP contribution in [0.5, 0.6) is 0 Å². The number of aromatic nitrogens is 2. The van der Waals surface area contributed by atoms with Crippen LogP contribution in [0.2, 0.25) is 0 Å². The van der Waals surface area contributed by atoms with E-state index in [1.54, 1.807) is 24.4 Å². The van der Waals surface area contributed by atoms with Gasteiger partial charge in [-0.1, -0.05) is 6.07 Å². The molecule has 1 heterocycles. The van der Waals surface area contributed by atoms with Crippen LogP contribution in [0.15, 0.2) is 36.5 Å². The van der Waals surface area contributed by atoms with E-state index in [0.717, 1.165) is 11.8 Å². The van der Waals surface area contributed by atoms with Crippen molar-refractivity contribution in [1.82, 2.24) is 9.78 Å². The summed E-state index contributed by atoms with van der Waals surface area (Å²) in [5.74, 6) is -1.52. The van der Waals surface area contributed by atoms with Crippen LogP contribution in [0.25, 0.3) is 11.8 Å². The highest BCUT2D eigenvalue weighted by atomic mass is 19.1. The van der Waals surface area contributed by atoms with Crippen LogP contribution in [0, 0.1) is 12.7 Å². The molecular formula is C13H11FN2O2. The predicted octanol–water partition coefficient (Wildman–Crippen LogP) is 2.42. The lowest BCUT2D eigenvalue weighted by atomic mass is 10.2. The van der Waals surface area contributed by atoms with Crippen molar-refractivity contribution in [2.75, 3.05) is 0 Å². The maximum absolute atomic E-state index is 13.8. The average Bonchev–Trinajstić information content (AvgIpc) is 2.73. The van der Waals surface area contributed by atoms with Gasteiger partial charge in [-0.25, -0.2) is 13.9 Å². The summed E-state index contributed by atoms with van der Waals surface area (Å²) < 4.78 is 15.3. The standard InChI is InChI=1S/C13H11FN2O2/c1-9-6-7-16(15-9)12-4-2-10(8-11(12)14)3-5-13(17)18/h2-8H,1H3,(H,17,18)/b5-3+. The minimum Gasteiger partial charge on any atom is -0.478 e. The van der Waals surface area contributed by atoms with Crippen LogP contribution in [0.1, 0.15) is 11.3 Å². The number of aliphatic carboxylic acids is 1. The number of rotatable bonds is 3. The van der Waals surface area contributed by atoms with E-state index in [1.807, 2.05) is 6.92 Å². The second kappa shape index (κ2) is 4.83. The molecule has 2 rings (SSSR count). The molecule has 0 saturated carbocycles. The number of carboxylic acids is 1. The minimum atomic E-state index is -1.07. The van der Waals surface area contributed by atoms with Crippen molar-refractivity contribution < 1.29 is 14.3 Å². The zero-order chi connectivity index (χ0) is 13.1. The van der Waals surface area contributed by atoms with Crippen LogP contribution in [0.4, 0.5) is 4.39 Å². The molecule has 1 aromatic heterocycles. The molecule has 0 unspecified atom stereocenters. The van der Waals surface area contributed by atoms with Crippen molar-refractivity contribution in [1.29, 1.82) is 0 Å². The molecule has 0 aliphatic heterocycles. The van der Waals surface area contributed by atoms with E-state index in [1.165, 1.54) is 16.8 Å². The van der Waals surface area contributed by atoms with Gasteiger partial charge in [-0.2, -0.15) is 5.10 Å². The Morgan fingerprint density at radius 1 is 1.44 bits per heavy atom. The third-order valence-corrected chi connectivity index (χ3v) is 2.36. The Balaban J connectivity index is 2.33. The van der Waals surface area contributed by atoms with Gasteiger partial charge < -0.3 is 5.11 Å². The summed E-state index contributed by atoms with van der Waals surface area (Å²) in [4.78, 5) is 10.4. The molecular weight excluding hydrogens is 235 g/mol. The molecule has 0 amide bonds. The van der Waals surface area contributed by atoms with E-state index in [9.17, 15) is 9.18 Å². The molecule has 2 aromatic rings. The van der Waals surface area contributed by atoms with Gasteiger partial charge in [0.05, 0.1) is 5.69 Å². The predicted molar refractivity (Wildman–Crippen MR) is 64.9 cm³/mol. The number of carboxylic acid groups (broad SMARTS) is 1. The van der Waals surface area contributed by atoms with E-state index in [4.69, 9.17) is 5.11 Å². The highest BCUT2D eigenvalue weighted by Crippen LogP contribution is 2.15. The molecule has 5 heteroatoms. The lowest BCUT2D eigenvalue weighted by molar-refractivity contribution is -0.131. The Bertz CT molecular complexity index is 617. The fourth-order valence-corrected chi connectivity index (χ4v) is 1.53. The summed E-state index contributed by atoms with van der Waals surface area (Å²) >= 11 is 0. The van der Waals surface area contributed by atoms with Crippen LogP contribution in [-0.4, -0.2) is 20.9 Å². The average molecular weight is 246 g/mol. The Labute approximate surface area is 103 Å². The second-order valence-electron chi connectivity index (χ2n) is 3.78. The second-order valence-corrected chi connectivity index (χ2v) is 3.78. The zero-order valence-corrected chi connectivity index (χ0v) is 9.67. The number of carbonyl (C=O) groups is 1. The smallest absolute Gasteiger partial charge is 0.328 e. The third-order valence-electron chi connectivity index (χ3n) is 2.36. The number of halogens is 1. The fourth-order valence-electron chi connectivity index (χ4n) is 1.53. The van der Waals surface area contributed by atoms with Crippen molar-refractivity contribution in [3.05, 3.63) is 53.6 Å². The Morgan fingerprint density at radius 2 is 2.22 bits per heavy atom. The summed E-state index contributed by atoms with van der Waals surface area (Å²) in [5, 5.41) is 12.6. The number of hydrogen-bond donors (Lipinski definition) is 1. The summed E-state index contributed by atoms with van der Waals surface area (Å²) in [7, 11) is 0. The normalized spacial score (nSPS) is 11.0. The van der Waals surface area contributed by atoms with E-state index >= 15 is 0 Å². The molecule has 0 radical (unpaired) electrons. The van der Waals surface area contributed by atoms with Gasteiger partial charge in [0.2, 0.25) is 0 Å². The number of aryl methyl sites for hydroxylation is 1. The summed E-state index contributed by atoms with van der Waals surface area (Å²) in [6.07, 6.45) is 3.97. The van der Waals surface area contributed by atoms with E-state index in [-0.39, 0.29) is 0 Å². The first kappa shape index (κ1) is 12.0. The molecule has 92 valence electrons. The molecule has 0 bridgehead atoms. The van der Waals surface area contributed by atoms with Gasteiger partial charge in [-0.15, -0.1) is 0 Å². The van der Waals surface area contributed by atoms with Crippen molar-refractivity contribution >= 4 is 12.0 Å². The quantitative estimate of drug-likeness (QED) is 0.846. The number of nitrogens with zero attached hydrogens (tertiary/aromatic N) is 2. The van der Waals surface area contributed by atoms with Crippen molar-refractivity contribution in [3.63, 3.8) is 0 Å². The monoisotopic (exact) mass is 246 g/mol. The lowest BCUT2D eigenvalue weighted by Crippen LogP contribution is -1.99. The highest BCUT2D eigenvalue weighted by Gasteiger charge is 2.05. The molecule has 0 atom stereocenters. The molecule has 0 aliphatic carbocycles. The van der Waals surface area contributed by atoms with Gasteiger partial charge in [0, 0.05) is 12.3 Å². The van der Waals surface area contributed by atoms with E-state index in [2.05, 4.69) is 5.10 Å². The van der Waals surface area contributed by atoms with Crippen LogP contribution in [-0.2, 0) is 4.79 Å². The molecule has 1 N–H and O–H groups in total. The third kappa shape index (κ3) is 2.63. The summed E-state index contributed by atoms with van der Waals surface area (Å²) in [5.41, 5.74) is 1.61. The van der Waals surface area contributed by atoms with Crippen molar-refractivity contribution in [2.24, 2.45) is 0 Å². The number of benzene rings is 1. The fraction of sp³-hybridized carbons (Fsp3) is 0.0769. The Morgan fingerprint density at radius 3 is 2.78 bits per heavy atom. The topological polar surface area (TPSA) is 55.1 Å². The van der Waals surface area contributed by atoms with Gasteiger partial charge in [0.25, 0.3) is 0 Å². The first-order chi connectivity index (χ1) is 8.56. The van der Waals surface area contributed by atoms with Crippen molar-refractivity contribution in [2.45, 2.75) is 6.92 Å². The molecule has 4 nitrogen and oxygen atoms in total. The van der Waals surface area contributed by atoms with Gasteiger partial charge in [0.15, 0.2) is 0 Å². The van der Waals surface area contributed by atoms with Crippen molar-refractivity contribution in [3.8, 4) is 5.69 Å². The SMILES string of the molecule is Cc1ccn(-c2ccc(/C=C/C(=O)O)cc2F)n1. The van der Waals surface area contributed by atoms with Gasteiger partial charge in [-0.3, -0.25) is 0 Å². The zero-order valence-electron chi connectivity index (χ0n) is 9.67. The molecule has 0 fully saturated rings. The highest BCUT2D eigenvalue weighted by molar-refractivity contribution is 5.85. The largest absolute Gasteiger partial charge is 0.478 e. The molecule has 0 spiro atoms. The minimum absolute atomic E-state index is 0.329. The van der Waals surface area contributed by atoms with Gasteiger partial charge >= 0.3 is 5.97 Å². The van der Waals surface area contributed by atoms with Crippen LogP contribution in [0.3, 0.4) is 0 Å². The first-order valence-electron chi connectivity index (χ1n) is 5.29. The first-order valence-corrected chi connectivity index (χ1v) is 5.29. The van der Waals surface area contributed by atoms with Gasteiger partial charge in [0.1, 0.15) is 11.5 Å².